The summed E-state index contributed by atoms with van der Waals surface area (Å²) in [5.74, 6) is 0.834. The van der Waals surface area contributed by atoms with Crippen molar-refractivity contribution in [1.82, 2.24) is 4.98 Å². The third-order valence-electron chi connectivity index (χ3n) is 2.17. The number of nitrogens with zero attached hydrogens (tertiary/aromatic N) is 2. The molecule has 1 aromatic carbocycles. The molecule has 0 aliphatic carbocycles. The van der Waals surface area contributed by atoms with Gasteiger partial charge in [0.05, 0.1) is 21.7 Å². The number of hydrogen-bond acceptors (Lipinski definition) is 3. The Labute approximate surface area is 109 Å². The van der Waals surface area contributed by atoms with Crippen LogP contribution in [0.1, 0.15) is 11.1 Å². The minimum Gasteiger partial charge on any atom is -0.248 e. The predicted octanol–water partition coefficient (Wildman–Crippen LogP) is 3.90. The molecule has 84 valence electrons. The lowest BCUT2D eigenvalue weighted by Gasteiger charge is -2.01. The quantitative estimate of drug-likeness (QED) is 0.786. The van der Waals surface area contributed by atoms with Crippen LogP contribution in [0.15, 0.2) is 47.6 Å². The number of thioether (sulfide) groups is 1. The molecule has 2 rings (SSSR count). The number of halogens is 1. The molecule has 0 amide bonds. The van der Waals surface area contributed by atoms with Gasteiger partial charge in [0.15, 0.2) is 0 Å². The SMILES string of the molecule is N#Cc1ccc(CSc2ccc(Cl)cn2)cc1. The second-order valence-corrected chi connectivity index (χ2v) is 4.84. The molecule has 0 spiro atoms. The van der Waals surface area contributed by atoms with Crippen LogP contribution in [0.3, 0.4) is 0 Å². The number of rotatable bonds is 3. The first-order valence-electron chi connectivity index (χ1n) is 5.01. The molecule has 0 saturated carbocycles. The Morgan fingerprint density at radius 1 is 1.18 bits per heavy atom. The van der Waals surface area contributed by atoms with Gasteiger partial charge in [-0.3, -0.25) is 0 Å². The van der Waals surface area contributed by atoms with Crippen molar-refractivity contribution in [2.75, 3.05) is 0 Å². The van der Waals surface area contributed by atoms with Gasteiger partial charge in [0, 0.05) is 11.9 Å². The summed E-state index contributed by atoms with van der Waals surface area (Å²) in [7, 11) is 0. The number of pyridine rings is 1. The highest BCUT2D eigenvalue weighted by Crippen LogP contribution is 2.21. The van der Waals surface area contributed by atoms with E-state index < -0.39 is 0 Å². The molecule has 0 saturated heterocycles. The largest absolute Gasteiger partial charge is 0.248 e. The van der Waals surface area contributed by atoms with Gasteiger partial charge in [-0.2, -0.15) is 5.26 Å². The zero-order valence-electron chi connectivity index (χ0n) is 8.93. The molecule has 0 fully saturated rings. The topological polar surface area (TPSA) is 36.7 Å². The smallest absolute Gasteiger partial charge is 0.0991 e. The van der Waals surface area contributed by atoms with Gasteiger partial charge in [-0.1, -0.05) is 23.7 Å². The summed E-state index contributed by atoms with van der Waals surface area (Å²) < 4.78 is 0. The standard InChI is InChI=1S/C13H9ClN2S/c14-12-5-6-13(16-8-12)17-9-11-3-1-10(7-15)2-4-11/h1-6,8H,9H2. The van der Waals surface area contributed by atoms with Crippen LogP contribution in [0.25, 0.3) is 0 Å². The van der Waals surface area contributed by atoms with Gasteiger partial charge < -0.3 is 0 Å². The molecular weight excluding hydrogens is 252 g/mol. The summed E-state index contributed by atoms with van der Waals surface area (Å²) in [6.07, 6.45) is 1.64. The lowest BCUT2D eigenvalue weighted by atomic mass is 10.2. The van der Waals surface area contributed by atoms with Gasteiger partial charge in [-0.05, 0) is 29.8 Å². The van der Waals surface area contributed by atoms with E-state index in [9.17, 15) is 0 Å². The minimum absolute atomic E-state index is 0.646. The average Bonchev–Trinajstić information content (AvgIpc) is 2.39. The summed E-state index contributed by atoms with van der Waals surface area (Å²) in [6, 6.07) is 13.4. The maximum Gasteiger partial charge on any atom is 0.0991 e. The Morgan fingerprint density at radius 2 is 1.94 bits per heavy atom. The molecule has 0 bridgehead atoms. The molecule has 17 heavy (non-hydrogen) atoms. The summed E-state index contributed by atoms with van der Waals surface area (Å²) in [5.41, 5.74) is 1.86. The van der Waals surface area contributed by atoms with Gasteiger partial charge in [-0.25, -0.2) is 4.98 Å². The summed E-state index contributed by atoms with van der Waals surface area (Å²) >= 11 is 7.40. The Morgan fingerprint density at radius 3 is 2.53 bits per heavy atom. The van der Waals surface area contributed by atoms with Crippen molar-refractivity contribution in [3.8, 4) is 6.07 Å². The van der Waals surface area contributed by atoms with E-state index >= 15 is 0 Å². The van der Waals surface area contributed by atoms with Gasteiger partial charge in [0.25, 0.3) is 0 Å². The van der Waals surface area contributed by atoms with Crippen molar-refractivity contribution in [3.63, 3.8) is 0 Å². The second kappa shape index (κ2) is 5.72. The van der Waals surface area contributed by atoms with Gasteiger partial charge in [-0.15, -0.1) is 11.8 Å². The highest BCUT2D eigenvalue weighted by molar-refractivity contribution is 7.98. The van der Waals surface area contributed by atoms with Crippen LogP contribution in [0, 0.1) is 11.3 Å². The van der Waals surface area contributed by atoms with E-state index in [0.29, 0.717) is 10.6 Å². The van der Waals surface area contributed by atoms with E-state index in [-0.39, 0.29) is 0 Å². The molecule has 0 N–H and O–H groups in total. The maximum absolute atomic E-state index is 8.68. The molecule has 0 radical (unpaired) electrons. The highest BCUT2D eigenvalue weighted by atomic mass is 35.5. The molecule has 0 aliphatic heterocycles. The van der Waals surface area contributed by atoms with Gasteiger partial charge >= 0.3 is 0 Å². The first kappa shape index (κ1) is 12.0. The van der Waals surface area contributed by atoms with Crippen LogP contribution < -0.4 is 0 Å². The van der Waals surface area contributed by atoms with Crippen LogP contribution in [-0.2, 0) is 5.75 Å². The van der Waals surface area contributed by atoms with Crippen LogP contribution >= 0.6 is 23.4 Å². The first-order chi connectivity index (χ1) is 8.28. The Balaban J connectivity index is 1.98. The average molecular weight is 261 g/mol. The minimum atomic E-state index is 0.646. The number of benzene rings is 1. The lowest BCUT2D eigenvalue weighted by molar-refractivity contribution is 1.13. The van der Waals surface area contributed by atoms with Crippen molar-refractivity contribution in [2.24, 2.45) is 0 Å². The van der Waals surface area contributed by atoms with Crippen LogP contribution in [0.5, 0.6) is 0 Å². The van der Waals surface area contributed by atoms with Crippen LogP contribution in [0.4, 0.5) is 0 Å². The third-order valence-corrected chi connectivity index (χ3v) is 3.41. The molecule has 4 heteroatoms. The van der Waals surface area contributed by atoms with E-state index in [1.807, 2.05) is 36.4 Å². The molecular formula is C13H9ClN2S. The van der Waals surface area contributed by atoms with Crippen molar-refractivity contribution < 1.29 is 0 Å². The van der Waals surface area contributed by atoms with Crippen molar-refractivity contribution in [1.29, 1.82) is 5.26 Å². The molecule has 1 heterocycles. The Hall–Kier alpha value is -1.50. The summed E-state index contributed by atoms with van der Waals surface area (Å²) in [6.45, 7) is 0. The Kier molecular flexibility index (Phi) is 4.03. The van der Waals surface area contributed by atoms with E-state index in [2.05, 4.69) is 11.1 Å². The first-order valence-corrected chi connectivity index (χ1v) is 6.38. The summed E-state index contributed by atoms with van der Waals surface area (Å²) in [4.78, 5) is 4.21. The van der Waals surface area contributed by atoms with Crippen molar-refractivity contribution in [3.05, 3.63) is 58.7 Å². The number of nitriles is 1. The fraction of sp³-hybridized carbons (Fsp3) is 0.0769. The monoisotopic (exact) mass is 260 g/mol. The normalized spacial score (nSPS) is 9.88. The molecule has 0 aliphatic rings. The predicted molar refractivity (Wildman–Crippen MR) is 70.0 cm³/mol. The molecule has 0 atom stereocenters. The zero-order chi connectivity index (χ0) is 12.1. The molecule has 1 aromatic heterocycles. The highest BCUT2D eigenvalue weighted by Gasteiger charge is 1.98. The summed E-state index contributed by atoms with van der Waals surface area (Å²) in [5, 5.41) is 10.3. The van der Waals surface area contributed by atoms with Crippen molar-refractivity contribution in [2.45, 2.75) is 10.8 Å². The lowest BCUT2D eigenvalue weighted by Crippen LogP contribution is -1.83. The Bertz CT molecular complexity index is 529. The number of hydrogen-bond donors (Lipinski definition) is 0. The van der Waals surface area contributed by atoms with Crippen molar-refractivity contribution >= 4 is 23.4 Å². The molecule has 2 aromatic rings. The van der Waals surface area contributed by atoms with E-state index in [1.165, 1.54) is 5.56 Å². The van der Waals surface area contributed by atoms with Gasteiger partial charge in [0.1, 0.15) is 0 Å². The number of aromatic nitrogens is 1. The molecule has 0 unspecified atom stereocenters. The zero-order valence-corrected chi connectivity index (χ0v) is 10.5. The molecule has 2 nitrogen and oxygen atoms in total. The van der Waals surface area contributed by atoms with Crippen LogP contribution in [-0.4, -0.2) is 4.98 Å². The third kappa shape index (κ3) is 3.48. The van der Waals surface area contributed by atoms with Gasteiger partial charge in [0.2, 0.25) is 0 Å². The maximum atomic E-state index is 8.68. The fourth-order valence-electron chi connectivity index (χ4n) is 1.28. The van der Waals surface area contributed by atoms with E-state index in [1.54, 1.807) is 18.0 Å². The fourth-order valence-corrected chi connectivity index (χ4v) is 2.19. The van der Waals surface area contributed by atoms with E-state index in [0.717, 1.165) is 10.8 Å². The van der Waals surface area contributed by atoms with E-state index in [4.69, 9.17) is 16.9 Å². The van der Waals surface area contributed by atoms with Crippen LogP contribution in [0.2, 0.25) is 5.02 Å². The second-order valence-electron chi connectivity index (χ2n) is 3.41.